The van der Waals surface area contributed by atoms with Gasteiger partial charge in [0, 0.05) is 5.92 Å². The van der Waals surface area contributed by atoms with Crippen LogP contribution in [0.4, 0.5) is 0 Å². The minimum Gasteiger partial charge on any atom is -0.481 e. The Labute approximate surface area is 132 Å². The number of carbonyl (C=O) groups is 2. The van der Waals surface area contributed by atoms with Gasteiger partial charge in [0.05, 0.1) is 0 Å². The van der Waals surface area contributed by atoms with E-state index in [0.717, 1.165) is 18.8 Å². The van der Waals surface area contributed by atoms with Crippen LogP contribution in [0, 0.1) is 35.5 Å². The van der Waals surface area contributed by atoms with E-state index in [0.29, 0.717) is 23.7 Å². The second-order valence-electron chi connectivity index (χ2n) is 7.81. The van der Waals surface area contributed by atoms with Gasteiger partial charge in [0.1, 0.15) is 5.60 Å². The van der Waals surface area contributed by atoms with E-state index in [1.165, 1.54) is 32.6 Å². The Morgan fingerprint density at radius 3 is 2.59 bits per heavy atom. The first-order chi connectivity index (χ1) is 10.4. The number of carboxylic acid groups (broad SMARTS) is 1. The lowest BCUT2D eigenvalue weighted by Gasteiger charge is -2.46. The molecule has 0 aromatic heterocycles. The lowest BCUT2D eigenvalue weighted by molar-refractivity contribution is -0.186. The minimum atomic E-state index is -1.09. The molecule has 3 rings (SSSR count). The average molecular weight is 308 g/mol. The molecule has 4 heteroatoms. The molecule has 2 bridgehead atoms. The summed E-state index contributed by atoms with van der Waals surface area (Å²) in [6, 6.07) is 0. The summed E-state index contributed by atoms with van der Waals surface area (Å²) in [6.45, 7) is 5.74. The second kappa shape index (κ2) is 5.54. The summed E-state index contributed by atoms with van der Waals surface area (Å²) in [7, 11) is 0. The Balaban J connectivity index is 1.85. The predicted molar refractivity (Wildman–Crippen MR) is 82.1 cm³/mol. The fourth-order valence-corrected chi connectivity index (χ4v) is 5.64. The quantitative estimate of drug-likeness (QED) is 0.624. The molecule has 3 fully saturated rings. The van der Waals surface area contributed by atoms with E-state index >= 15 is 0 Å². The molecule has 0 aromatic carbocycles. The molecule has 124 valence electrons. The fourth-order valence-electron chi connectivity index (χ4n) is 5.64. The van der Waals surface area contributed by atoms with Crippen LogP contribution in [0.3, 0.4) is 0 Å². The zero-order chi connectivity index (χ0) is 16.1. The summed E-state index contributed by atoms with van der Waals surface area (Å²) in [5, 5.41) is 9.09. The van der Waals surface area contributed by atoms with Crippen molar-refractivity contribution in [3.63, 3.8) is 0 Å². The molecular weight excluding hydrogens is 280 g/mol. The van der Waals surface area contributed by atoms with Crippen molar-refractivity contribution >= 4 is 11.9 Å². The first-order valence-corrected chi connectivity index (χ1v) is 8.86. The summed E-state index contributed by atoms with van der Waals surface area (Å²) < 4.78 is 6.00. The number of carboxylic acids is 1. The molecule has 3 saturated carbocycles. The van der Waals surface area contributed by atoms with Crippen LogP contribution >= 0.6 is 0 Å². The Kier molecular flexibility index (Phi) is 3.98. The Morgan fingerprint density at radius 2 is 1.95 bits per heavy atom. The summed E-state index contributed by atoms with van der Waals surface area (Å²) in [6.07, 6.45) is 6.99. The van der Waals surface area contributed by atoms with Crippen LogP contribution in [0.5, 0.6) is 0 Å². The zero-order valence-corrected chi connectivity index (χ0v) is 13.9. The largest absolute Gasteiger partial charge is 0.481 e. The van der Waals surface area contributed by atoms with Crippen LogP contribution in [0.25, 0.3) is 0 Å². The van der Waals surface area contributed by atoms with E-state index in [9.17, 15) is 9.59 Å². The van der Waals surface area contributed by atoms with E-state index in [1.807, 2.05) is 0 Å². The van der Waals surface area contributed by atoms with Crippen LogP contribution in [0.2, 0.25) is 0 Å². The van der Waals surface area contributed by atoms with Gasteiger partial charge in [-0.25, -0.2) is 0 Å². The highest BCUT2D eigenvalue weighted by Gasteiger charge is 2.64. The van der Waals surface area contributed by atoms with Gasteiger partial charge in [0.15, 0.2) is 5.92 Å². The third-order valence-electron chi connectivity index (χ3n) is 6.97. The minimum absolute atomic E-state index is 0.300. The van der Waals surface area contributed by atoms with Crippen molar-refractivity contribution in [1.82, 2.24) is 0 Å². The highest BCUT2D eigenvalue weighted by Crippen LogP contribution is 2.65. The SMILES string of the molecule is CCC(C)C1(OC(=O)C(C)C(=O)O)CC2CC1C1CCCC21. The molecule has 0 aromatic rings. The molecule has 3 aliphatic rings. The Hall–Kier alpha value is -1.06. The van der Waals surface area contributed by atoms with Crippen molar-refractivity contribution < 1.29 is 19.4 Å². The van der Waals surface area contributed by atoms with Crippen LogP contribution in [0.1, 0.15) is 59.3 Å². The maximum Gasteiger partial charge on any atom is 0.320 e. The average Bonchev–Trinajstić information content (AvgIpc) is 3.16. The van der Waals surface area contributed by atoms with E-state index in [1.54, 1.807) is 0 Å². The molecule has 0 aliphatic heterocycles. The van der Waals surface area contributed by atoms with Crippen molar-refractivity contribution in [1.29, 1.82) is 0 Å². The van der Waals surface area contributed by atoms with Crippen LogP contribution in [0.15, 0.2) is 0 Å². The van der Waals surface area contributed by atoms with E-state index < -0.39 is 23.5 Å². The number of esters is 1. The summed E-state index contributed by atoms with van der Waals surface area (Å²) in [4.78, 5) is 23.4. The molecule has 0 saturated heterocycles. The fraction of sp³-hybridized carbons (Fsp3) is 0.889. The number of ether oxygens (including phenoxy) is 1. The number of aliphatic carboxylic acids is 1. The zero-order valence-electron chi connectivity index (χ0n) is 13.9. The molecule has 0 spiro atoms. The van der Waals surface area contributed by atoms with Crippen molar-refractivity contribution in [2.75, 3.05) is 0 Å². The monoisotopic (exact) mass is 308 g/mol. The van der Waals surface area contributed by atoms with Gasteiger partial charge in [0.2, 0.25) is 0 Å². The highest BCUT2D eigenvalue weighted by atomic mass is 16.6. The van der Waals surface area contributed by atoms with Crippen molar-refractivity contribution in [2.24, 2.45) is 35.5 Å². The van der Waals surface area contributed by atoms with E-state index in [2.05, 4.69) is 13.8 Å². The third kappa shape index (κ3) is 2.17. The first kappa shape index (κ1) is 15.8. The van der Waals surface area contributed by atoms with Crippen LogP contribution < -0.4 is 0 Å². The van der Waals surface area contributed by atoms with Gasteiger partial charge < -0.3 is 9.84 Å². The maximum absolute atomic E-state index is 12.3. The van der Waals surface area contributed by atoms with Gasteiger partial charge in [0.25, 0.3) is 0 Å². The van der Waals surface area contributed by atoms with Crippen LogP contribution in [-0.2, 0) is 14.3 Å². The van der Waals surface area contributed by atoms with E-state index in [4.69, 9.17) is 9.84 Å². The van der Waals surface area contributed by atoms with Gasteiger partial charge in [-0.1, -0.05) is 20.3 Å². The molecule has 0 amide bonds. The second-order valence-corrected chi connectivity index (χ2v) is 7.81. The lowest BCUT2D eigenvalue weighted by atomic mass is 9.67. The third-order valence-corrected chi connectivity index (χ3v) is 6.97. The van der Waals surface area contributed by atoms with E-state index in [-0.39, 0.29) is 0 Å². The lowest BCUT2D eigenvalue weighted by Crippen LogP contribution is -2.51. The topological polar surface area (TPSA) is 63.6 Å². The molecule has 0 heterocycles. The number of hydrogen-bond acceptors (Lipinski definition) is 3. The van der Waals surface area contributed by atoms with Crippen molar-refractivity contribution in [2.45, 2.75) is 64.9 Å². The Bertz CT molecular complexity index is 474. The van der Waals surface area contributed by atoms with Gasteiger partial charge >= 0.3 is 11.9 Å². The number of carbonyl (C=O) groups excluding carboxylic acids is 1. The molecule has 4 nitrogen and oxygen atoms in total. The molecule has 3 aliphatic carbocycles. The normalized spacial score (nSPS) is 42.0. The number of hydrogen-bond donors (Lipinski definition) is 1. The van der Waals surface area contributed by atoms with Crippen LogP contribution in [-0.4, -0.2) is 22.6 Å². The van der Waals surface area contributed by atoms with Crippen molar-refractivity contribution in [3.8, 4) is 0 Å². The summed E-state index contributed by atoms with van der Waals surface area (Å²) in [5.74, 6) is 0.248. The molecule has 7 unspecified atom stereocenters. The summed E-state index contributed by atoms with van der Waals surface area (Å²) >= 11 is 0. The number of fused-ring (bicyclic) bond motifs is 5. The maximum atomic E-state index is 12.3. The highest BCUT2D eigenvalue weighted by molar-refractivity contribution is 5.93. The molecule has 7 atom stereocenters. The Morgan fingerprint density at radius 1 is 1.27 bits per heavy atom. The standard InChI is InChI=1S/C18H28O4/c1-4-10(2)18(22-17(21)11(3)16(19)20)9-12-8-15(18)14-7-5-6-13(12)14/h10-15H,4-9H2,1-3H3,(H,19,20). The number of rotatable bonds is 5. The molecule has 1 N–H and O–H groups in total. The first-order valence-electron chi connectivity index (χ1n) is 8.86. The molecule has 22 heavy (non-hydrogen) atoms. The van der Waals surface area contributed by atoms with Gasteiger partial charge in [-0.3, -0.25) is 9.59 Å². The van der Waals surface area contributed by atoms with Gasteiger partial charge in [-0.2, -0.15) is 0 Å². The predicted octanol–water partition coefficient (Wildman–Crippen LogP) is 3.49. The van der Waals surface area contributed by atoms with Gasteiger partial charge in [-0.05, 0) is 62.7 Å². The van der Waals surface area contributed by atoms with Crippen molar-refractivity contribution in [3.05, 3.63) is 0 Å². The molecule has 0 radical (unpaired) electrons. The van der Waals surface area contributed by atoms with Gasteiger partial charge in [-0.15, -0.1) is 0 Å². The molecular formula is C18H28O4. The smallest absolute Gasteiger partial charge is 0.320 e. The summed E-state index contributed by atoms with van der Waals surface area (Å²) in [5.41, 5.74) is -0.411.